The number of carbonyl (C=O) groups excluding carboxylic acids is 1. The average molecular weight is 397 g/mol. The number of nitrogens with zero attached hydrogens (tertiary/aromatic N) is 1. The van der Waals surface area contributed by atoms with E-state index in [1.54, 1.807) is 19.1 Å². The van der Waals surface area contributed by atoms with Crippen LogP contribution in [0.1, 0.15) is 39.7 Å². The predicted octanol–water partition coefficient (Wildman–Crippen LogP) is 4.75. The number of hydrogen-bond donors (Lipinski definition) is 3. The summed E-state index contributed by atoms with van der Waals surface area (Å²) in [5.74, 6) is -1.46. The summed E-state index contributed by atoms with van der Waals surface area (Å²) in [4.78, 5) is 16.2. The van der Waals surface area contributed by atoms with Gasteiger partial charge in [-0.3, -0.25) is 4.79 Å². The molecule has 0 aromatic carbocycles. The van der Waals surface area contributed by atoms with E-state index in [1.807, 2.05) is 13.8 Å². The number of amides is 1. The average Bonchev–Trinajstić information content (AvgIpc) is 2.61. The zero-order chi connectivity index (χ0) is 21.5. The second kappa shape index (κ2) is 9.96. The minimum Gasteiger partial charge on any atom is -0.512 e. The van der Waals surface area contributed by atoms with E-state index in [1.165, 1.54) is 18.3 Å². The van der Waals surface area contributed by atoms with Crippen LogP contribution in [0.15, 0.2) is 47.5 Å². The number of nitrogens with two attached hydrogens (primary N) is 1. The molecule has 0 aliphatic rings. The molecule has 4 N–H and O–H groups in total. The second-order valence-corrected chi connectivity index (χ2v) is 6.61. The van der Waals surface area contributed by atoms with Gasteiger partial charge in [0.05, 0.1) is 5.57 Å². The molecule has 0 saturated carbocycles. The largest absolute Gasteiger partial charge is 0.512 e. The fourth-order valence-corrected chi connectivity index (χ4v) is 2.36. The highest BCUT2D eigenvalue weighted by atomic mass is 19.4. The van der Waals surface area contributed by atoms with Crippen LogP contribution >= 0.6 is 0 Å². The number of nitrogen functional groups attached to an aromatic ring is 1. The lowest BCUT2D eigenvalue weighted by atomic mass is 9.89. The number of aliphatic hydroxyl groups excluding tert-OH is 1. The van der Waals surface area contributed by atoms with Gasteiger partial charge in [-0.1, -0.05) is 27.2 Å². The van der Waals surface area contributed by atoms with Crippen LogP contribution in [0, 0.1) is 11.8 Å². The SMILES string of the molecule is CC[C@H](C)[C@H](C)/C(=C/C(=C(\C)O)C(F)(F)F)NC(=O)/C=C/c1ccc(N)nc1. The van der Waals surface area contributed by atoms with Gasteiger partial charge < -0.3 is 16.2 Å². The molecule has 2 atom stereocenters. The highest BCUT2D eigenvalue weighted by molar-refractivity contribution is 5.92. The molecule has 0 fully saturated rings. The number of aromatic nitrogens is 1. The van der Waals surface area contributed by atoms with Gasteiger partial charge in [0.2, 0.25) is 5.91 Å². The summed E-state index contributed by atoms with van der Waals surface area (Å²) in [6, 6.07) is 3.22. The van der Waals surface area contributed by atoms with Gasteiger partial charge in [-0.05, 0) is 48.6 Å². The quantitative estimate of drug-likeness (QED) is 0.352. The summed E-state index contributed by atoms with van der Waals surface area (Å²) >= 11 is 0. The lowest BCUT2D eigenvalue weighted by Gasteiger charge is -2.23. The van der Waals surface area contributed by atoms with Crippen molar-refractivity contribution in [1.29, 1.82) is 0 Å². The molecule has 154 valence electrons. The molecule has 1 aromatic rings. The van der Waals surface area contributed by atoms with Gasteiger partial charge in [0.15, 0.2) is 0 Å². The molecule has 1 aromatic heterocycles. The highest BCUT2D eigenvalue weighted by Crippen LogP contribution is 2.31. The fraction of sp³-hybridized carbons (Fsp3) is 0.400. The number of aliphatic hydroxyl groups is 1. The first-order valence-electron chi connectivity index (χ1n) is 8.84. The van der Waals surface area contributed by atoms with Crippen LogP contribution < -0.4 is 11.1 Å². The highest BCUT2D eigenvalue weighted by Gasteiger charge is 2.35. The van der Waals surface area contributed by atoms with Crippen LogP contribution in [-0.2, 0) is 4.79 Å². The summed E-state index contributed by atoms with van der Waals surface area (Å²) in [5, 5.41) is 12.0. The number of carbonyl (C=O) groups is 1. The number of allylic oxidation sites excluding steroid dienone is 4. The third-order valence-electron chi connectivity index (χ3n) is 4.49. The van der Waals surface area contributed by atoms with Crippen LogP contribution in [0.2, 0.25) is 0 Å². The van der Waals surface area contributed by atoms with Gasteiger partial charge >= 0.3 is 6.18 Å². The number of hydrogen-bond acceptors (Lipinski definition) is 4. The summed E-state index contributed by atoms with van der Waals surface area (Å²) in [5.41, 5.74) is 5.00. The van der Waals surface area contributed by atoms with Crippen molar-refractivity contribution < 1.29 is 23.1 Å². The van der Waals surface area contributed by atoms with Gasteiger partial charge in [0.25, 0.3) is 0 Å². The van der Waals surface area contributed by atoms with Crippen LogP contribution in [0.3, 0.4) is 0 Å². The first-order valence-corrected chi connectivity index (χ1v) is 8.84. The Morgan fingerprint density at radius 2 is 2.00 bits per heavy atom. The Kier molecular flexibility index (Phi) is 8.28. The van der Waals surface area contributed by atoms with Crippen molar-refractivity contribution in [3.05, 3.63) is 53.1 Å². The smallest absolute Gasteiger partial charge is 0.419 e. The van der Waals surface area contributed by atoms with E-state index in [0.29, 0.717) is 17.8 Å². The van der Waals surface area contributed by atoms with E-state index in [9.17, 15) is 23.1 Å². The lowest BCUT2D eigenvalue weighted by molar-refractivity contribution is -0.116. The van der Waals surface area contributed by atoms with Crippen LogP contribution in [0.25, 0.3) is 6.08 Å². The minimum atomic E-state index is -4.74. The molecular formula is C20H26F3N3O2. The van der Waals surface area contributed by atoms with E-state index < -0.39 is 23.4 Å². The van der Waals surface area contributed by atoms with Gasteiger partial charge in [-0.25, -0.2) is 4.98 Å². The van der Waals surface area contributed by atoms with Crippen molar-refractivity contribution >= 4 is 17.8 Å². The van der Waals surface area contributed by atoms with Crippen molar-refractivity contribution in [2.45, 2.75) is 40.3 Å². The maximum absolute atomic E-state index is 13.2. The van der Waals surface area contributed by atoms with E-state index in [0.717, 1.165) is 13.0 Å². The number of anilines is 1. The Labute approximate surface area is 162 Å². The minimum absolute atomic E-state index is 0.0188. The van der Waals surface area contributed by atoms with Gasteiger partial charge in [0.1, 0.15) is 11.6 Å². The number of pyridine rings is 1. The Bertz CT molecular complexity index is 762. The second-order valence-electron chi connectivity index (χ2n) is 6.61. The van der Waals surface area contributed by atoms with Gasteiger partial charge in [0, 0.05) is 18.0 Å². The monoisotopic (exact) mass is 397 g/mol. The summed E-state index contributed by atoms with van der Waals surface area (Å²) in [7, 11) is 0. The van der Waals surface area contributed by atoms with Crippen LogP contribution in [0.4, 0.5) is 19.0 Å². The standard InChI is InChI=1S/C20H26F3N3O2/c1-5-12(2)13(3)17(10-16(14(4)27)20(21,22)23)26-19(28)9-7-15-6-8-18(24)25-11-15/h6-13,27H,5H2,1-4H3,(H2,24,25)(H,26,28)/b9-7+,16-14-,17-10-/t12-,13-/m0/s1. The summed E-state index contributed by atoms with van der Waals surface area (Å²) < 4.78 is 39.6. The maximum atomic E-state index is 13.2. The van der Waals surface area contributed by atoms with E-state index in [2.05, 4.69) is 10.3 Å². The summed E-state index contributed by atoms with van der Waals surface area (Å²) in [6.07, 6.45) is 0.915. The molecule has 1 heterocycles. The zero-order valence-electron chi connectivity index (χ0n) is 16.3. The lowest BCUT2D eigenvalue weighted by Crippen LogP contribution is -2.28. The Balaban J connectivity index is 3.15. The van der Waals surface area contributed by atoms with Crippen molar-refractivity contribution in [1.82, 2.24) is 10.3 Å². The zero-order valence-corrected chi connectivity index (χ0v) is 16.3. The molecule has 0 radical (unpaired) electrons. The third-order valence-corrected chi connectivity index (χ3v) is 4.49. The van der Waals surface area contributed by atoms with Crippen molar-refractivity contribution in [3.8, 4) is 0 Å². The molecule has 0 aliphatic carbocycles. The van der Waals surface area contributed by atoms with Gasteiger partial charge in [-0.15, -0.1) is 0 Å². The normalized spacial score (nSPS) is 15.9. The molecule has 1 amide bonds. The number of halogens is 3. The van der Waals surface area contributed by atoms with Crippen LogP contribution in [-0.4, -0.2) is 22.2 Å². The first kappa shape index (κ1) is 23.3. The summed E-state index contributed by atoms with van der Waals surface area (Å²) in [6.45, 7) is 6.48. The number of alkyl halides is 3. The maximum Gasteiger partial charge on any atom is 0.419 e. The first-order chi connectivity index (χ1) is 13.0. The Hall–Kier alpha value is -2.77. The molecular weight excluding hydrogens is 371 g/mol. The van der Waals surface area contributed by atoms with Crippen LogP contribution in [0.5, 0.6) is 0 Å². The number of rotatable bonds is 7. The van der Waals surface area contributed by atoms with E-state index in [4.69, 9.17) is 5.73 Å². The van der Waals surface area contributed by atoms with Crippen molar-refractivity contribution in [2.24, 2.45) is 11.8 Å². The molecule has 0 unspecified atom stereocenters. The van der Waals surface area contributed by atoms with E-state index >= 15 is 0 Å². The molecule has 28 heavy (non-hydrogen) atoms. The Morgan fingerprint density at radius 1 is 1.36 bits per heavy atom. The topological polar surface area (TPSA) is 88.2 Å². The molecule has 8 heteroatoms. The number of nitrogens with one attached hydrogen (secondary N) is 1. The molecule has 0 bridgehead atoms. The van der Waals surface area contributed by atoms with Crippen molar-refractivity contribution in [3.63, 3.8) is 0 Å². The van der Waals surface area contributed by atoms with Crippen molar-refractivity contribution in [2.75, 3.05) is 5.73 Å². The van der Waals surface area contributed by atoms with Gasteiger partial charge in [-0.2, -0.15) is 13.2 Å². The molecule has 0 saturated heterocycles. The molecule has 0 spiro atoms. The molecule has 5 nitrogen and oxygen atoms in total. The predicted molar refractivity (Wildman–Crippen MR) is 104 cm³/mol. The Morgan fingerprint density at radius 3 is 2.46 bits per heavy atom. The molecule has 0 aliphatic heterocycles. The van der Waals surface area contributed by atoms with E-state index in [-0.39, 0.29) is 17.5 Å². The fourth-order valence-electron chi connectivity index (χ4n) is 2.36. The third kappa shape index (κ3) is 7.09. The molecule has 1 rings (SSSR count).